The molecule has 46 heavy (non-hydrogen) atoms. The number of amides is 3. The van der Waals surface area contributed by atoms with Crippen LogP contribution in [0.5, 0.6) is 0 Å². The lowest BCUT2D eigenvalue weighted by Crippen LogP contribution is -2.51. The molecule has 3 amide bonds. The van der Waals surface area contributed by atoms with Gasteiger partial charge in [0.2, 0.25) is 5.91 Å². The molecule has 3 N–H and O–H groups in total. The van der Waals surface area contributed by atoms with E-state index in [0.717, 1.165) is 46.1 Å². The highest BCUT2D eigenvalue weighted by molar-refractivity contribution is 5.92. The summed E-state index contributed by atoms with van der Waals surface area (Å²) in [5.74, 6) is 0.282. The van der Waals surface area contributed by atoms with E-state index in [-0.39, 0.29) is 30.3 Å². The van der Waals surface area contributed by atoms with E-state index in [2.05, 4.69) is 42.8 Å². The highest BCUT2D eigenvalue weighted by Crippen LogP contribution is 2.28. The molecule has 0 bridgehead atoms. The van der Waals surface area contributed by atoms with Gasteiger partial charge in [0, 0.05) is 54.7 Å². The second-order valence-corrected chi connectivity index (χ2v) is 12.3. The van der Waals surface area contributed by atoms with Gasteiger partial charge in [-0.05, 0) is 61.1 Å². The molecular weight excluding hydrogens is 583 g/mol. The van der Waals surface area contributed by atoms with Crippen LogP contribution in [-0.4, -0.2) is 67.2 Å². The first-order valence-corrected chi connectivity index (χ1v) is 15.8. The van der Waals surface area contributed by atoms with Gasteiger partial charge in [0.05, 0.1) is 30.8 Å². The Morgan fingerprint density at radius 3 is 2.76 bits per heavy atom. The normalized spacial score (nSPS) is 16.3. The minimum atomic E-state index is -0.437. The van der Waals surface area contributed by atoms with Gasteiger partial charge in [0.15, 0.2) is 0 Å². The number of nitrogens with one attached hydrogen (secondary N) is 3. The van der Waals surface area contributed by atoms with Crippen LogP contribution in [-0.2, 0) is 24.3 Å². The van der Waals surface area contributed by atoms with E-state index in [4.69, 9.17) is 0 Å². The molecule has 1 unspecified atom stereocenters. The number of para-hydroxylation sites is 1. The first kappa shape index (κ1) is 29.7. The van der Waals surface area contributed by atoms with Crippen LogP contribution < -0.4 is 10.6 Å². The summed E-state index contributed by atoms with van der Waals surface area (Å²) in [6.45, 7) is 4.60. The second kappa shape index (κ2) is 12.8. The van der Waals surface area contributed by atoms with Crippen molar-refractivity contribution in [1.29, 1.82) is 0 Å². The lowest BCUT2D eigenvalue weighted by atomic mass is 10.00. The molecule has 0 saturated carbocycles. The van der Waals surface area contributed by atoms with Gasteiger partial charge in [-0.3, -0.25) is 14.8 Å². The minimum absolute atomic E-state index is 0.0625. The number of hydrogen-bond donors (Lipinski definition) is 3. The summed E-state index contributed by atoms with van der Waals surface area (Å²) in [6.07, 6.45) is 7.42. The number of rotatable bonds is 9. The third-order valence-electron chi connectivity index (χ3n) is 9.16. The zero-order valence-corrected chi connectivity index (χ0v) is 25.7. The molecule has 236 valence electrons. The van der Waals surface area contributed by atoms with Crippen LogP contribution in [0.4, 0.5) is 14.9 Å². The molecular formula is C35H37FN8O2. The smallest absolute Gasteiger partial charge is 0.322 e. The average molecular weight is 621 g/mol. The van der Waals surface area contributed by atoms with Gasteiger partial charge in [-0.25, -0.2) is 14.2 Å². The van der Waals surface area contributed by atoms with Crippen molar-refractivity contribution in [2.75, 3.05) is 25.0 Å². The first-order valence-electron chi connectivity index (χ1n) is 15.8. The van der Waals surface area contributed by atoms with E-state index < -0.39 is 6.04 Å². The number of H-pyrrole nitrogens is 1. The van der Waals surface area contributed by atoms with Crippen LogP contribution in [0, 0.1) is 12.7 Å². The summed E-state index contributed by atoms with van der Waals surface area (Å²) in [5.41, 5.74) is 5.64. The predicted molar refractivity (Wildman–Crippen MR) is 174 cm³/mol. The molecule has 10 nitrogen and oxygen atoms in total. The Hall–Kier alpha value is -5.03. The van der Waals surface area contributed by atoms with Gasteiger partial charge >= 0.3 is 6.03 Å². The molecule has 0 aliphatic carbocycles. The highest BCUT2D eigenvalue weighted by Gasteiger charge is 2.32. The molecule has 2 aromatic heterocycles. The Morgan fingerprint density at radius 1 is 1.11 bits per heavy atom. The van der Waals surface area contributed by atoms with Gasteiger partial charge < -0.3 is 20.1 Å². The van der Waals surface area contributed by atoms with Crippen LogP contribution in [0.15, 0.2) is 79.3 Å². The van der Waals surface area contributed by atoms with Gasteiger partial charge in [-0.1, -0.05) is 42.5 Å². The Labute approximate surface area is 266 Å². The van der Waals surface area contributed by atoms with Crippen LogP contribution in [0.25, 0.3) is 10.9 Å². The molecule has 7 rings (SSSR count). The lowest BCUT2D eigenvalue weighted by molar-refractivity contribution is -0.123. The Balaban J connectivity index is 1.04. The number of imidazole rings is 1. The van der Waals surface area contributed by atoms with E-state index in [1.807, 2.05) is 52.9 Å². The number of carbonyl (C=O) groups excluding carboxylic acids is 2. The maximum absolute atomic E-state index is 14.6. The summed E-state index contributed by atoms with van der Waals surface area (Å²) in [6, 6.07) is 18.4. The van der Waals surface area contributed by atoms with Crippen molar-refractivity contribution in [1.82, 2.24) is 34.9 Å². The van der Waals surface area contributed by atoms with E-state index >= 15 is 0 Å². The lowest BCUT2D eigenvalue weighted by Gasteiger charge is -2.40. The molecule has 2 aliphatic rings. The van der Waals surface area contributed by atoms with E-state index in [1.54, 1.807) is 24.5 Å². The number of likely N-dealkylation sites (tertiary alicyclic amines) is 1. The zero-order valence-electron chi connectivity index (χ0n) is 25.7. The molecule has 4 heterocycles. The van der Waals surface area contributed by atoms with E-state index in [1.165, 1.54) is 6.07 Å². The molecule has 1 fully saturated rings. The molecule has 3 aromatic carbocycles. The number of aromatic nitrogens is 4. The van der Waals surface area contributed by atoms with Crippen LogP contribution in [0.1, 0.15) is 47.0 Å². The maximum atomic E-state index is 14.6. The van der Waals surface area contributed by atoms with Crippen molar-refractivity contribution in [2.45, 2.75) is 51.4 Å². The summed E-state index contributed by atoms with van der Waals surface area (Å²) < 4.78 is 16.5. The topological polar surface area (TPSA) is 111 Å². The number of nitrogens with zero attached hydrogens (tertiary/aromatic N) is 5. The summed E-state index contributed by atoms with van der Waals surface area (Å²) in [4.78, 5) is 35.2. The number of urea groups is 1. The minimum Gasteiger partial charge on any atom is -0.345 e. The summed E-state index contributed by atoms with van der Waals surface area (Å²) in [7, 11) is 0. The van der Waals surface area contributed by atoms with E-state index in [0.29, 0.717) is 44.0 Å². The number of halogens is 1. The molecule has 11 heteroatoms. The fourth-order valence-corrected chi connectivity index (χ4v) is 6.80. The molecule has 0 radical (unpaired) electrons. The SMILES string of the molecule is Cc1cc(CC(NC(=O)CN2CCC(N3Cc4ccccc4NC3=O)CC2)c2nccn2Cc2ccccc2F)cc2cn[nH]c12. The Morgan fingerprint density at radius 2 is 1.91 bits per heavy atom. The number of aromatic amines is 1. The molecule has 1 atom stereocenters. The maximum Gasteiger partial charge on any atom is 0.322 e. The third kappa shape index (κ3) is 6.23. The van der Waals surface area contributed by atoms with Crippen molar-refractivity contribution in [3.63, 3.8) is 0 Å². The number of aryl methyl sites for hydroxylation is 1. The Bertz CT molecular complexity index is 1880. The molecule has 0 spiro atoms. The number of anilines is 1. The van der Waals surface area contributed by atoms with Crippen LogP contribution in [0.3, 0.4) is 0 Å². The van der Waals surface area contributed by atoms with Crippen molar-refractivity contribution in [3.8, 4) is 0 Å². The number of hydrogen-bond acceptors (Lipinski definition) is 5. The number of benzene rings is 3. The molecule has 5 aromatic rings. The largest absolute Gasteiger partial charge is 0.345 e. The number of carbonyl (C=O) groups is 2. The fraction of sp³-hybridized carbons (Fsp3) is 0.314. The number of piperidine rings is 1. The first-order chi connectivity index (χ1) is 22.4. The summed E-state index contributed by atoms with van der Waals surface area (Å²) in [5, 5.41) is 14.5. The second-order valence-electron chi connectivity index (χ2n) is 12.3. The van der Waals surface area contributed by atoms with Gasteiger partial charge in [0.25, 0.3) is 0 Å². The third-order valence-corrected chi connectivity index (χ3v) is 9.16. The fourth-order valence-electron chi connectivity index (χ4n) is 6.80. The highest BCUT2D eigenvalue weighted by atomic mass is 19.1. The predicted octanol–water partition coefficient (Wildman–Crippen LogP) is 5.17. The average Bonchev–Trinajstić information content (AvgIpc) is 3.72. The van der Waals surface area contributed by atoms with Gasteiger partial charge in [-0.15, -0.1) is 0 Å². The van der Waals surface area contributed by atoms with Crippen molar-refractivity contribution >= 4 is 28.5 Å². The van der Waals surface area contributed by atoms with Crippen molar-refractivity contribution in [2.24, 2.45) is 0 Å². The van der Waals surface area contributed by atoms with Gasteiger partial charge in [0.1, 0.15) is 11.6 Å². The van der Waals surface area contributed by atoms with E-state index in [9.17, 15) is 14.0 Å². The monoisotopic (exact) mass is 620 g/mol. The van der Waals surface area contributed by atoms with Crippen LogP contribution >= 0.6 is 0 Å². The van der Waals surface area contributed by atoms with Crippen molar-refractivity contribution in [3.05, 3.63) is 113 Å². The zero-order chi connectivity index (χ0) is 31.6. The van der Waals surface area contributed by atoms with Crippen LogP contribution in [0.2, 0.25) is 0 Å². The van der Waals surface area contributed by atoms with Gasteiger partial charge in [-0.2, -0.15) is 5.10 Å². The standard InChI is InChI=1S/C35H37FN8O2/c1-23-16-24(17-27-19-38-41-33(23)27)18-31(34-37-12-15-43(34)20-25-6-2-4-8-29(25)36)39-32(45)22-42-13-10-28(11-14-42)44-21-26-7-3-5-9-30(26)40-35(44)46/h2-9,12,15-17,19,28,31H,10-11,13-14,18,20-22H2,1H3,(H,38,41)(H,39,45)(H,40,46). The number of fused-ring (bicyclic) bond motifs is 2. The summed E-state index contributed by atoms with van der Waals surface area (Å²) >= 11 is 0. The quantitative estimate of drug-likeness (QED) is 0.211. The van der Waals surface area contributed by atoms with Crippen molar-refractivity contribution < 1.29 is 14.0 Å². The molecule has 2 aliphatic heterocycles. The Kier molecular flexibility index (Phi) is 8.23. The molecule has 1 saturated heterocycles.